The molecule has 0 bridgehead atoms. The van der Waals surface area contributed by atoms with Crippen LogP contribution in [0.1, 0.15) is 229 Å². The Labute approximate surface area is 677 Å². The van der Waals surface area contributed by atoms with Crippen molar-refractivity contribution >= 4 is 60.8 Å². The fourth-order valence-corrected chi connectivity index (χ4v) is 13.5. The molecule has 4 N–H and O–H groups in total. The lowest BCUT2D eigenvalue weighted by atomic mass is 9.93. The molecule has 0 aliphatic heterocycles. The topological polar surface area (TPSA) is 301 Å². The van der Waals surface area contributed by atoms with Gasteiger partial charge in [0, 0.05) is 44.9 Å². The van der Waals surface area contributed by atoms with E-state index in [0.717, 1.165) is 54.4 Å². The van der Waals surface area contributed by atoms with Crippen LogP contribution < -0.4 is 20.7 Å². The molecule has 8 atom stereocenters. The number of unbranched alkanes of at least 4 members (excludes halogenated alkanes) is 18. The summed E-state index contributed by atoms with van der Waals surface area (Å²) in [4.78, 5) is 135. The van der Waals surface area contributed by atoms with Gasteiger partial charge in [0.25, 0.3) is 0 Å². The Morgan fingerprint density at radius 2 is 0.947 bits per heavy atom. The van der Waals surface area contributed by atoms with Crippen LogP contribution in [0.2, 0.25) is 0 Å². The molecule has 5 aromatic carbocycles. The molecule has 24 heteroatoms. The van der Waals surface area contributed by atoms with Gasteiger partial charge in [0.05, 0.1) is 77.6 Å². The Morgan fingerprint density at radius 1 is 0.474 bits per heavy atom. The molecule has 0 aliphatic carbocycles. The number of ether oxygens (including phenoxy) is 6. The number of hydrogen-bond acceptors (Lipinski definition) is 18. The minimum Gasteiger partial charge on any atom is -0.489 e. The van der Waals surface area contributed by atoms with E-state index in [2.05, 4.69) is 22.9 Å². The maximum atomic E-state index is 14.9. The van der Waals surface area contributed by atoms with Gasteiger partial charge < -0.3 is 58.5 Å². The highest BCUT2D eigenvalue weighted by Gasteiger charge is 2.34. The van der Waals surface area contributed by atoms with Gasteiger partial charge in [-0.1, -0.05) is 256 Å². The molecule has 0 fully saturated rings. The van der Waals surface area contributed by atoms with Gasteiger partial charge in [0.2, 0.25) is 17.7 Å². The van der Waals surface area contributed by atoms with Crippen LogP contribution in [0.5, 0.6) is 5.75 Å². The summed E-state index contributed by atoms with van der Waals surface area (Å²) in [5.74, 6) is -6.35. The first kappa shape index (κ1) is 96.3. The Hall–Kier alpha value is -8.28. The van der Waals surface area contributed by atoms with Crippen LogP contribution in [0.25, 0.3) is 0 Å². The van der Waals surface area contributed by atoms with Gasteiger partial charge in [0.15, 0.2) is 17.7 Å². The standard InChI is InChI=1S/C90H129N4O19P/c1-8-9-10-11-12-13-14-15-16-17-20-23-38-49-86(99)109-67-79(68-112-114(104,105)111-58-57-94(5,6)7)113-87(100)50-39-24-21-18-19-22-37-48-82(84(97)55-56-85(98)92-83(90(103)110-66-76-46-35-28-36-47-76)60-72-51-53-78(54-52-72)108-65-75-44-33-27-34-45-75)93-89(102)81(71(4)107-64-74-42-31-26-32-43-74)61-77(96)62-91-88(101)80(59-69(2)95)70(3)106-63-73-40-29-25-30-41-73/h25-36,40-47,51-54,70-71,79-83H,8-24,37-39,48-50,55-68H2,1-7H3,(H3-,91,92,93,98,101,102,104,105)/p+1/t70-,71-,79-,80+,81+,82+,83+/m1/s1. The molecule has 5 rings (SSSR count). The van der Waals surface area contributed by atoms with E-state index in [1.165, 1.54) is 64.7 Å². The third-order valence-corrected chi connectivity index (χ3v) is 20.7. The number of carbonyl (C=O) groups is 9. The molecule has 628 valence electrons. The number of nitrogens with one attached hydrogen (secondary N) is 3. The molecule has 5 aromatic rings. The number of phosphoric ester groups is 1. The second kappa shape index (κ2) is 56.1. The molecule has 0 radical (unpaired) electrons. The summed E-state index contributed by atoms with van der Waals surface area (Å²) in [7, 11) is 1.16. The fourth-order valence-electron chi connectivity index (χ4n) is 12.8. The van der Waals surface area contributed by atoms with E-state index in [4.69, 9.17) is 37.5 Å². The lowest BCUT2D eigenvalue weighted by molar-refractivity contribution is -0.870. The van der Waals surface area contributed by atoms with Crippen molar-refractivity contribution in [3.63, 3.8) is 0 Å². The zero-order valence-electron chi connectivity index (χ0n) is 68.8. The maximum absolute atomic E-state index is 14.9. The summed E-state index contributed by atoms with van der Waals surface area (Å²) < 4.78 is 59.0. The molecule has 0 spiro atoms. The molecule has 1 unspecified atom stereocenters. The highest BCUT2D eigenvalue weighted by atomic mass is 31.2. The number of esters is 3. The molecule has 23 nitrogen and oxygen atoms in total. The Kier molecular flexibility index (Phi) is 47.4. The number of Topliss-reactive ketones (excluding diaryl/α,β-unsaturated/α-hetero) is 3. The average Bonchev–Trinajstić information content (AvgIpc) is 0.876. The fraction of sp³-hybridized carbons (Fsp3) is 0.567. The van der Waals surface area contributed by atoms with Crippen LogP contribution in [0, 0.1) is 11.8 Å². The van der Waals surface area contributed by atoms with Crippen LogP contribution in [0.3, 0.4) is 0 Å². The van der Waals surface area contributed by atoms with Crippen molar-refractivity contribution in [1.29, 1.82) is 0 Å². The van der Waals surface area contributed by atoms with Crippen LogP contribution in [-0.4, -0.2) is 147 Å². The first-order chi connectivity index (χ1) is 54.8. The molecule has 0 aromatic heterocycles. The van der Waals surface area contributed by atoms with Gasteiger partial charge >= 0.3 is 25.7 Å². The first-order valence-corrected chi connectivity index (χ1v) is 42.8. The number of benzene rings is 5. The summed E-state index contributed by atoms with van der Waals surface area (Å²) in [6.07, 6.45) is 15.9. The SMILES string of the molecule is CCCCCCCCCCCCCCCC(=O)OC[C@H](COP(=O)(O)OCC[N+](C)(C)C)OC(=O)CCCCCCCCC[C@H](NC(=O)[C@@H](CC(=O)CNC(=O)[C@@H](CC(C)=O)[C@@H](C)OCc1ccccc1)[C@@H](C)OCc1ccccc1)C(=O)CCC(=O)N[C@@H](Cc1ccc(OCc2ccccc2)cc1)C(=O)OCc1ccccc1. The summed E-state index contributed by atoms with van der Waals surface area (Å²) in [5, 5.41) is 8.44. The number of nitrogens with zero attached hydrogens (tertiary/aromatic N) is 1. The van der Waals surface area contributed by atoms with Gasteiger partial charge in [-0.05, 0) is 80.0 Å². The van der Waals surface area contributed by atoms with Crippen LogP contribution in [-0.2, 0) is 113 Å². The third kappa shape index (κ3) is 44.0. The van der Waals surface area contributed by atoms with Gasteiger partial charge in [-0.3, -0.25) is 42.6 Å². The van der Waals surface area contributed by atoms with E-state index in [0.29, 0.717) is 67.5 Å². The van der Waals surface area contributed by atoms with Crippen molar-refractivity contribution in [1.82, 2.24) is 16.0 Å². The summed E-state index contributed by atoms with van der Waals surface area (Å²) >= 11 is 0. The van der Waals surface area contributed by atoms with E-state index in [-0.39, 0.29) is 83.8 Å². The molecular weight excluding hydrogens is 1470 g/mol. The predicted octanol–water partition coefficient (Wildman–Crippen LogP) is 15.7. The summed E-state index contributed by atoms with van der Waals surface area (Å²) in [5.41, 5.74) is 4.10. The molecular formula is C90H130N4O19P+. The number of hydrogen-bond donors (Lipinski definition) is 4. The molecule has 0 saturated carbocycles. The van der Waals surface area contributed by atoms with Crippen LogP contribution >= 0.6 is 7.82 Å². The lowest BCUT2D eigenvalue weighted by Crippen LogP contribution is -2.48. The summed E-state index contributed by atoms with van der Waals surface area (Å²) in [6.45, 7) is 6.48. The minimum atomic E-state index is -4.55. The van der Waals surface area contributed by atoms with Gasteiger partial charge in [-0.15, -0.1) is 0 Å². The van der Waals surface area contributed by atoms with Crippen LogP contribution in [0.15, 0.2) is 146 Å². The highest BCUT2D eigenvalue weighted by molar-refractivity contribution is 7.47. The van der Waals surface area contributed by atoms with Gasteiger partial charge in [0.1, 0.15) is 50.5 Å². The quantitative estimate of drug-likeness (QED) is 0.00924. The number of carbonyl (C=O) groups excluding carboxylic acids is 9. The zero-order chi connectivity index (χ0) is 82.6. The van der Waals surface area contributed by atoms with Crippen molar-refractivity contribution in [3.8, 4) is 5.75 Å². The van der Waals surface area contributed by atoms with Gasteiger partial charge in [-0.2, -0.15) is 0 Å². The normalized spacial score (nSPS) is 13.8. The minimum absolute atomic E-state index is 0.0171. The Morgan fingerprint density at radius 3 is 1.46 bits per heavy atom. The van der Waals surface area contributed by atoms with Crippen LogP contribution in [0.4, 0.5) is 0 Å². The average molecular weight is 1600 g/mol. The Bertz CT molecular complexity index is 3620. The number of phosphoric acid groups is 1. The van der Waals surface area contributed by atoms with Crippen molar-refractivity contribution < 1.29 is 94.6 Å². The number of likely N-dealkylation sites (N-methyl/N-ethyl adjacent to an activating group) is 1. The smallest absolute Gasteiger partial charge is 0.472 e. The third-order valence-electron chi connectivity index (χ3n) is 19.7. The molecule has 0 saturated heterocycles. The van der Waals surface area contributed by atoms with Crippen molar-refractivity contribution in [2.24, 2.45) is 11.8 Å². The largest absolute Gasteiger partial charge is 0.489 e. The van der Waals surface area contributed by atoms with E-state index in [1.54, 1.807) is 38.1 Å². The number of quaternary nitrogens is 1. The molecule has 0 aliphatic rings. The van der Waals surface area contributed by atoms with E-state index in [1.807, 2.05) is 142 Å². The highest BCUT2D eigenvalue weighted by Crippen LogP contribution is 2.43. The predicted molar refractivity (Wildman–Crippen MR) is 439 cm³/mol. The van der Waals surface area contributed by atoms with E-state index < -0.39 is 117 Å². The number of ketones is 3. The molecule has 114 heavy (non-hydrogen) atoms. The Balaban J connectivity index is 1.23. The number of rotatable bonds is 64. The molecule has 0 heterocycles. The van der Waals surface area contributed by atoms with Crippen molar-refractivity contribution in [2.45, 2.75) is 264 Å². The number of amides is 3. The van der Waals surface area contributed by atoms with Crippen molar-refractivity contribution in [3.05, 3.63) is 173 Å². The van der Waals surface area contributed by atoms with E-state index in [9.17, 15) is 52.6 Å². The van der Waals surface area contributed by atoms with E-state index >= 15 is 0 Å². The lowest BCUT2D eigenvalue weighted by Gasteiger charge is -2.27. The second-order valence-corrected chi connectivity index (χ2v) is 32.3. The second-order valence-electron chi connectivity index (χ2n) is 30.9. The maximum Gasteiger partial charge on any atom is 0.472 e. The van der Waals surface area contributed by atoms with Gasteiger partial charge in [-0.25, -0.2) is 9.36 Å². The molecule has 3 amide bonds. The van der Waals surface area contributed by atoms with Crippen molar-refractivity contribution in [2.75, 3.05) is 54.1 Å². The summed E-state index contributed by atoms with van der Waals surface area (Å²) in [6, 6.07) is 42.3. The monoisotopic (exact) mass is 1600 g/mol. The first-order valence-electron chi connectivity index (χ1n) is 41.3. The zero-order valence-corrected chi connectivity index (χ0v) is 69.6.